The van der Waals surface area contributed by atoms with E-state index >= 15 is 0 Å². The largest absolute Gasteiger partial charge is 0.351 e. The van der Waals surface area contributed by atoms with Gasteiger partial charge in [-0.2, -0.15) is 11.8 Å². The molecule has 1 N–H and O–H groups in total. The van der Waals surface area contributed by atoms with E-state index in [4.69, 9.17) is 0 Å². The van der Waals surface area contributed by atoms with E-state index in [9.17, 15) is 14.9 Å². The van der Waals surface area contributed by atoms with Gasteiger partial charge in [-0.05, 0) is 41.8 Å². The summed E-state index contributed by atoms with van der Waals surface area (Å²) in [6.07, 6.45) is 1.76. The minimum Gasteiger partial charge on any atom is -0.351 e. The molecule has 31 heavy (non-hydrogen) atoms. The summed E-state index contributed by atoms with van der Waals surface area (Å²) in [4.78, 5) is 23.3. The smallest absolute Gasteiger partial charge is 0.269 e. The Hall–Kier alpha value is -3.38. The van der Waals surface area contributed by atoms with Crippen molar-refractivity contribution in [1.29, 1.82) is 0 Å². The van der Waals surface area contributed by atoms with Crippen LogP contribution in [0.2, 0.25) is 0 Å². The molecule has 0 fully saturated rings. The first-order valence-corrected chi connectivity index (χ1v) is 11.1. The number of thioether (sulfide) groups is 1. The Kier molecular flexibility index (Phi) is 8.01. The molecule has 0 aliphatic carbocycles. The van der Waals surface area contributed by atoms with E-state index in [1.807, 2.05) is 30.3 Å². The van der Waals surface area contributed by atoms with Gasteiger partial charge in [0.2, 0.25) is 0 Å². The lowest BCUT2D eigenvalue weighted by atomic mass is 10.0. The van der Waals surface area contributed by atoms with Gasteiger partial charge in [0.05, 0.1) is 4.92 Å². The second-order valence-electron chi connectivity index (χ2n) is 7.07. The lowest BCUT2D eigenvalue weighted by Crippen LogP contribution is -2.26. The number of carbonyl (C=O) groups excluding carboxylic acids is 1. The van der Waals surface area contributed by atoms with Crippen molar-refractivity contribution in [1.82, 2.24) is 5.32 Å². The van der Waals surface area contributed by atoms with Gasteiger partial charge in [-0.1, -0.05) is 60.2 Å². The number of nitrogens with one attached hydrogen (secondary N) is 1. The SMILES string of the molecule is Cc1cccc(CSCCNC(=O)/C(=C/c2ccc([N+](=O)[O-])cc2)c2ccccc2)c1. The number of rotatable bonds is 9. The summed E-state index contributed by atoms with van der Waals surface area (Å²) in [5, 5.41) is 13.9. The van der Waals surface area contributed by atoms with Gasteiger partial charge in [-0.3, -0.25) is 14.9 Å². The maximum Gasteiger partial charge on any atom is 0.269 e. The van der Waals surface area contributed by atoms with Crippen LogP contribution in [-0.2, 0) is 10.5 Å². The maximum absolute atomic E-state index is 12.9. The van der Waals surface area contributed by atoms with Crippen LogP contribution in [0.5, 0.6) is 0 Å². The molecule has 3 aromatic carbocycles. The number of amides is 1. The van der Waals surface area contributed by atoms with Gasteiger partial charge in [-0.25, -0.2) is 0 Å². The van der Waals surface area contributed by atoms with Crippen LogP contribution in [-0.4, -0.2) is 23.1 Å². The van der Waals surface area contributed by atoms with Crippen LogP contribution in [0.25, 0.3) is 11.6 Å². The molecule has 0 saturated heterocycles. The fraction of sp³-hybridized carbons (Fsp3) is 0.160. The molecule has 1 amide bonds. The fourth-order valence-corrected chi connectivity index (χ4v) is 3.89. The van der Waals surface area contributed by atoms with Gasteiger partial charge in [0.1, 0.15) is 0 Å². The van der Waals surface area contributed by atoms with Gasteiger partial charge in [0.25, 0.3) is 11.6 Å². The topological polar surface area (TPSA) is 72.2 Å². The first-order chi connectivity index (χ1) is 15.0. The summed E-state index contributed by atoms with van der Waals surface area (Å²) in [6, 6.07) is 24.0. The van der Waals surface area contributed by atoms with Gasteiger partial charge < -0.3 is 5.32 Å². The molecule has 3 aromatic rings. The van der Waals surface area contributed by atoms with Crippen LogP contribution in [0.15, 0.2) is 78.9 Å². The number of aryl methyl sites for hydroxylation is 1. The molecule has 0 aliphatic heterocycles. The molecule has 6 heteroatoms. The monoisotopic (exact) mass is 432 g/mol. The van der Waals surface area contributed by atoms with Crippen molar-refractivity contribution < 1.29 is 9.72 Å². The van der Waals surface area contributed by atoms with Gasteiger partial charge >= 0.3 is 0 Å². The Balaban J connectivity index is 1.63. The zero-order valence-corrected chi connectivity index (χ0v) is 18.1. The Labute approximate surface area is 186 Å². The number of nitro groups is 1. The molecular weight excluding hydrogens is 408 g/mol. The summed E-state index contributed by atoms with van der Waals surface area (Å²) in [6.45, 7) is 2.64. The molecular formula is C25H24N2O3S. The van der Waals surface area contributed by atoms with Crippen molar-refractivity contribution in [3.05, 3.63) is 111 Å². The van der Waals surface area contributed by atoms with E-state index in [0.717, 1.165) is 22.6 Å². The van der Waals surface area contributed by atoms with E-state index < -0.39 is 4.92 Å². The van der Waals surface area contributed by atoms with E-state index in [1.54, 1.807) is 30.0 Å². The third kappa shape index (κ3) is 6.83. The third-order valence-electron chi connectivity index (χ3n) is 4.63. The first-order valence-electron chi connectivity index (χ1n) is 9.96. The molecule has 0 radical (unpaired) electrons. The number of benzene rings is 3. The van der Waals surface area contributed by atoms with E-state index in [-0.39, 0.29) is 11.6 Å². The van der Waals surface area contributed by atoms with Crippen molar-refractivity contribution in [2.24, 2.45) is 0 Å². The van der Waals surface area contributed by atoms with Crippen LogP contribution < -0.4 is 5.32 Å². The Morgan fingerprint density at radius 3 is 2.45 bits per heavy atom. The predicted molar refractivity (Wildman–Crippen MR) is 128 cm³/mol. The minimum atomic E-state index is -0.438. The van der Waals surface area contributed by atoms with E-state index in [2.05, 4.69) is 36.5 Å². The highest BCUT2D eigenvalue weighted by Gasteiger charge is 2.12. The van der Waals surface area contributed by atoms with Gasteiger partial charge in [-0.15, -0.1) is 0 Å². The van der Waals surface area contributed by atoms with Crippen molar-refractivity contribution in [3.63, 3.8) is 0 Å². The summed E-state index contributed by atoms with van der Waals surface area (Å²) >= 11 is 1.77. The lowest BCUT2D eigenvalue weighted by molar-refractivity contribution is -0.384. The van der Waals surface area contributed by atoms with Crippen molar-refractivity contribution in [3.8, 4) is 0 Å². The third-order valence-corrected chi connectivity index (χ3v) is 5.66. The average molecular weight is 433 g/mol. The number of hydrogen-bond donors (Lipinski definition) is 1. The van der Waals surface area contributed by atoms with Crippen molar-refractivity contribution in [2.45, 2.75) is 12.7 Å². The highest BCUT2D eigenvalue weighted by atomic mass is 32.2. The van der Waals surface area contributed by atoms with Crippen molar-refractivity contribution >= 4 is 35.0 Å². The van der Waals surface area contributed by atoms with E-state index in [1.165, 1.54) is 23.3 Å². The Morgan fingerprint density at radius 1 is 1.03 bits per heavy atom. The second kappa shape index (κ2) is 11.1. The molecule has 158 valence electrons. The molecule has 5 nitrogen and oxygen atoms in total. The summed E-state index contributed by atoms with van der Waals surface area (Å²) in [7, 11) is 0. The zero-order valence-electron chi connectivity index (χ0n) is 17.3. The first kappa shape index (κ1) is 22.3. The van der Waals surface area contributed by atoms with Crippen LogP contribution in [0.1, 0.15) is 22.3 Å². The Bertz CT molecular complexity index is 1060. The predicted octanol–water partition coefficient (Wildman–Crippen LogP) is 5.49. The van der Waals surface area contributed by atoms with Gasteiger partial charge in [0, 0.05) is 35.8 Å². The highest BCUT2D eigenvalue weighted by Crippen LogP contribution is 2.21. The molecule has 0 heterocycles. The summed E-state index contributed by atoms with van der Waals surface area (Å²) in [5.74, 6) is 1.54. The van der Waals surface area contributed by atoms with E-state index in [0.29, 0.717) is 12.1 Å². The molecule has 0 saturated carbocycles. The second-order valence-corrected chi connectivity index (χ2v) is 8.18. The quantitative estimate of drug-likeness (QED) is 0.159. The molecule has 0 bridgehead atoms. The van der Waals surface area contributed by atoms with Crippen LogP contribution in [0.3, 0.4) is 0 Å². The summed E-state index contributed by atoms with van der Waals surface area (Å²) in [5.41, 5.74) is 4.60. The zero-order chi connectivity index (χ0) is 22.1. The average Bonchev–Trinajstić information content (AvgIpc) is 2.78. The van der Waals surface area contributed by atoms with Crippen molar-refractivity contribution in [2.75, 3.05) is 12.3 Å². The van der Waals surface area contributed by atoms with Crippen LogP contribution in [0.4, 0.5) is 5.69 Å². The molecule has 0 aromatic heterocycles. The molecule has 0 atom stereocenters. The molecule has 0 spiro atoms. The molecule has 0 aliphatic rings. The maximum atomic E-state index is 12.9. The summed E-state index contributed by atoms with van der Waals surface area (Å²) < 4.78 is 0. The normalized spacial score (nSPS) is 11.2. The number of hydrogen-bond acceptors (Lipinski definition) is 4. The molecule has 0 unspecified atom stereocenters. The number of carbonyl (C=O) groups is 1. The highest BCUT2D eigenvalue weighted by molar-refractivity contribution is 7.98. The number of nitro benzene ring substituents is 1. The number of nitrogens with zero attached hydrogens (tertiary/aromatic N) is 1. The van der Waals surface area contributed by atoms with Crippen LogP contribution >= 0.6 is 11.8 Å². The fourth-order valence-electron chi connectivity index (χ4n) is 3.08. The number of non-ortho nitro benzene ring substituents is 1. The lowest BCUT2D eigenvalue weighted by Gasteiger charge is -2.10. The Morgan fingerprint density at radius 2 is 1.77 bits per heavy atom. The van der Waals surface area contributed by atoms with Gasteiger partial charge in [0.15, 0.2) is 0 Å². The minimum absolute atomic E-state index is 0.0218. The standard InChI is InChI=1S/C25H24N2O3S/c1-19-6-5-7-21(16-19)18-31-15-14-26-25(28)24(22-8-3-2-4-9-22)17-20-10-12-23(13-11-20)27(29)30/h2-13,16-17H,14-15,18H2,1H3,(H,26,28)/b24-17+. The van der Waals surface area contributed by atoms with Crippen LogP contribution in [0, 0.1) is 17.0 Å². The molecule has 3 rings (SSSR count).